The number of hydrogen-bond donors (Lipinski definition) is 0. The van der Waals surface area contributed by atoms with Crippen molar-refractivity contribution in [3.63, 3.8) is 0 Å². The molecule has 0 aliphatic carbocycles. The highest BCUT2D eigenvalue weighted by Gasteiger charge is 2.27. The van der Waals surface area contributed by atoms with Gasteiger partial charge in [-0.15, -0.1) is 0 Å². The van der Waals surface area contributed by atoms with Gasteiger partial charge in [0.2, 0.25) is 11.6 Å². The third-order valence-corrected chi connectivity index (χ3v) is 3.15. The van der Waals surface area contributed by atoms with Crippen molar-refractivity contribution in [2.24, 2.45) is 7.05 Å². The van der Waals surface area contributed by atoms with Crippen LogP contribution in [0.1, 0.15) is 11.4 Å². The van der Waals surface area contributed by atoms with Gasteiger partial charge in [-0.05, 0) is 34.2 Å². The van der Waals surface area contributed by atoms with Gasteiger partial charge in [0, 0.05) is 26.7 Å². The molecule has 1 aromatic carbocycles. The minimum absolute atomic E-state index is 0.183. The number of nitro groups is 1. The van der Waals surface area contributed by atoms with Crippen LogP contribution in [0, 0.1) is 28.4 Å². The maximum atomic E-state index is 11.1. The van der Waals surface area contributed by atoms with E-state index in [4.69, 9.17) is 5.26 Å². The zero-order valence-electron chi connectivity index (χ0n) is 11.4. The Morgan fingerprint density at radius 2 is 2.00 bits per heavy atom. The van der Waals surface area contributed by atoms with Crippen molar-refractivity contribution in [1.82, 2.24) is 9.55 Å². The standard InChI is InChI=1S/C13H13N5O2/c1-9-15-12(18(19)20)13(16(9)2)17(3)11-6-4-10(8-14)5-7-11/h4-7H,1-3H3. The summed E-state index contributed by atoms with van der Waals surface area (Å²) in [6.45, 7) is 1.71. The third kappa shape index (κ3) is 2.19. The Morgan fingerprint density at radius 3 is 2.50 bits per heavy atom. The fourth-order valence-corrected chi connectivity index (χ4v) is 1.96. The molecule has 0 saturated carbocycles. The molecule has 0 radical (unpaired) electrons. The zero-order chi connectivity index (χ0) is 14.9. The molecule has 0 unspecified atom stereocenters. The number of rotatable bonds is 3. The van der Waals surface area contributed by atoms with Crippen molar-refractivity contribution in [2.75, 3.05) is 11.9 Å². The Kier molecular flexibility index (Phi) is 3.39. The number of hydrogen-bond acceptors (Lipinski definition) is 5. The van der Waals surface area contributed by atoms with Crippen LogP contribution in [0.2, 0.25) is 0 Å². The molecule has 0 atom stereocenters. The highest BCUT2D eigenvalue weighted by molar-refractivity contribution is 5.67. The number of aryl methyl sites for hydroxylation is 1. The van der Waals surface area contributed by atoms with Gasteiger partial charge in [0.15, 0.2) is 0 Å². The number of nitrogens with zero attached hydrogens (tertiary/aromatic N) is 5. The lowest BCUT2D eigenvalue weighted by Crippen LogP contribution is -2.15. The SMILES string of the molecule is Cc1nc([N+](=O)[O-])c(N(C)c2ccc(C#N)cc2)n1C. The average Bonchev–Trinajstić information content (AvgIpc) is 2.74. The summed E-state index contributed by atoms with van der Waals surface area (Å²) in [5, 5.41) is 19.9. The van der Waals surface area contributed by atoms with Crippen LogP contribution in [0.25, 0.3) is 0 Å². The van der Waals surface area contributed by atoms with Crippen molar-refractivity contribution in [2.45, 2.75) is 6.92 Å². The number of nitriles is 1. The van der Waals surface area contributed by atoms with E-state index in [-0.39, 0.29) is 5.82 Å². The largest absolute Gasteiger partial charge is 0.407 e. The predicted molar refractivity (Wildman–Crippen MR) is 73.8 cm³/mol. The summed E-state index contributed by atoms with van der Waals surface area (Å²) in [7, 11) is 3.45. The lowest BCUT2D eigenvalue weighted by molar-refractivity contribution is -0.388. The Morgan fingerprint density at radius 1 is 1.40 bits per heavy atom. The maximum Gasteiger partial charge on any atom is 0.407 e. The van der Waals surface area contributed by atoms with E-state index in [0.717, 1.165) is 5.69 Å². The van der Waals surface area contributed by atoms with Gasteiger partial charge in [-0.25, -0.2) is 0 Å². The minimum Gasteiger partial charge on any atom is -0.358 e. The molecule has 7 heteroatoms. The first-order valence-corrected chi connectivity index (χ1v) is 5.87. The second-order valence-electron chi connectivity index (χ2n) is 4.34. The molecule has 0 bridgehead atoms. The number of aromatic nitrogens is 2. The molecule has 1 heterocycles. The summed E-state index contributed by atoms with van der Waals surface area (Å²) in [4.78, 5) is 16.2. The molecular formula is C13H13N5O2. The normalized spacial score (nSPS) is 10.1. The average molecular weight is 271 g/mol. The van der Waals surface area contributed by atoms with Crippen LogP contribution >= 0.6 is 0 Å². The molecule has 0 saturated heterocycles. The van der Waals surface area contributed by atoms with E-state index < -0.39 is 4.92 Å². The van der Waals surface area contributed by atoms with Crippen molar-refractivity contribution < 1.29 is 4.92 Å². The molecule has 20 heavy (non-hydrogen) atoms. The van der Waals surface area contributed by atoms with Gasteiger partial charge < -0.3 is 15.0 Å². The van der Waals surface area contributed by atoms with E-state index in [1.165, 1.54) is 0 Å². The second-order valence-corrected chi connectivity index (χ2v) is 4.34. The molecular weight excluding hydrogens is 258 g/mol. The molecule has 0 spiro atoms. The van der Waals surface area contributed by atoms with Crippen molar-refractivity contribution in [3.05, 3.63) is 45.8 Å². The molecule has 0 fully saturated rings. The van der Waals surface area contributed by atoms with Crippen molar-refractivity contribution in [3.8, 4) is 6.07 Å². The van der Waals surface area contributed by atoms with Crippen LogP contribution < -0.4 is 4.90 Å². The quantitative estimate of drug-likeness (QED) is 0.631. The minimum atomic E-state index is -0.498. The summed E-state index contributed by atoms with van der Waals surface area (Å²) < 4.78 is 1.66. The Bertz CT molecular complexity index is 697. The first-order valence-electron chi connectivity index (χ1n) is 5.87. The predicted octanol–water partition coefficient (Wildman–Crippen LogP) is 2.28. The van der Waals surface area contributed by atoms with Crippen LogP contribution in [-0.2, 0) is 7.05 Å². The van der Waals surface area contributed by atoms with Crippen LogP contribution in [0.15, 0.2) is 24.3 Å². The first kappa shape index (κ1) is 13.5. The Hall–Kier alpha value is -2.88. The fraction of sp³-hybridized carbons (Fsp3) is 0.231. The van der Waals surface area contributed by atoms with Gasteiger partial charge in [-0.2, -0.15) is 5.26 Å². The second kappa shape index (κ2) is 5.01. The summed E-state index contributed by atoms with van der Waals surface area (Å²) in [5.41, 5.74) is 1.29. The van der Waals surface area contributed by atoms with Crippen LogP contribution in [0.4, 0.5) is 17.3 Å². The molecule has 0 amide bonds. The highest BCUT2D eigenvalue weighted by atomic mass is 16.6. The van der Waals surface area contributed by atoms with Crippen molar-refractivity contribution in [1.29, 1.82) is 5.26 Å². The maximum absolute atomic E-state index is 11.1. The van der Waals surface area contributed by atoms with Gasteiger partial charge >= 0.3 is 5.82 Å². The molecule has 0 aliphatic rings. The van der Waals surface area contributed by atoms with Gasteiger partial charge in [0.1, 0.15) is 0 Å². The number of imidazole rings is 1. The molecule has 102 valence electrons. The van der Waals surface area contributed by atoms with E-state index in [1.54, 1.807) is 54.8 Å². The van der Waals surface area contributed by atoms with Gasteiger partial charge in [0.25, 0.3) is 0 Å². The number of anilines is 2. The van der Waals surface area contributed by atoms with E-state index >= 15 is 0 Å². The number of benzene rings is 1. The molecule has 2 aromatic rings. The zero-order valence-corrected chi connectivity index (χ0v) is 11.4. The van der Waals surface area contributed by atoms with Crippen molar-refractivity contribution >= 4 is 17.3 Å². The molecule has 0 aliphatic heterocycles. The monoisotopic (exact) mass is 271 g/mol. The van der Waals surface area contributed by atoms with Gasteiger partial charge in [-0.3, -0.25) is 4.57 Å². The van der Waals surface area contributed by atoms with Crippen LogP contribution in [0.5, 0.6) is 0 Å². The van der Waals surface area contributed by atoms with E-state index in [9.17, 15) is 10.1 Å². The first-order chi connectivity index (χ1) is 9.45. The molecule has 2 rings (SSSR count). The lowest BCUT2D eigenvalue weighted by Gasteiger charge is -2.18. The van der Waals surface area contributed by atoms with Crippen LogP contribution in [0.3, 0.4) is 0 Å². The summed E-state index contributed by atoms with van der Waals surface area (Å²) in [5.74, 6) is 0.779. The lowest BCUT2D eigenvalue weighted by atomic mass is 10.2. The highest BCUT2D eigenvalue weighted by Crippen LogP contribution is 2.32. The summed E-state index contributed by atoms with van der Waals surface area (Å²) in [6.07, 6.45) is 0. The molecule has 7 nitrogen and oxygen atoms in total. The molecule has 0 N–H and O–H groups in total. The van der Waals surface area contributed by atoms with E-state index in [2.05, 4.69) is 4.98 Å². The topological polar surface area (TPSA) is 88.0 Å². The van der Waals surface area contributed by atoms with E-state index in [0.29, 0.717) is 17.2 Å². The summed E-state index contributed by atoms with van der Waals surface area (Å²) in [6, 6.07) is 8.85. The molecule has 1 aromatic heterocycles. The van der Waals surface area contributed by atoms with Gasteiger partial charge in [-0.1, -0.05) is 0 Å². The van der Waals surface area contributed by atoms with E-state index in [1.807, 2.05) is 6.07 Å². The smallest absolute Gasteiger partial charge is 0.358 e. The Labute approximate surface area is 115 Å². The van der Waals surface area contributed by atoms with Gasteiger partial charge in [0.05, 0.1) is 11.6 Å². The van der Waals surface area contributed by atoms with Crippen LogP contribution in [-0.4, -0.2) is 21.5 Å². The fourth-order valence-electron chi connectivity index (χ4n) is 1.96. The Balaban J connectivity index is 2.50. The summed E-state index contributed by atoms with van der Waals surface area (Å²) >= 11 is 0. The third-order valence-electron chi connectivity index (χ3n) is 3.15.